The molecule has 3 rings (SSSR count). The highest BCUT2D eigenvalue weighted by Gasteiger charge is 2.06. The molecule has 0 bridgehead atoms. The van der Waals surface area contributed by atoms with E-state index in [0.29, 0.717) is 0 Å². The Hall–Kier alpha value is -2.86. The molecule has 0 nitrogen and oxygen atoms in total. The third-order valence-corrected chi connectivity index (χ3v) is 4.89. The third kappa shape index (κ3) is 5.82. The van der Waals surface area contributed by atoms with Crippen LogP contribution in [0.1, 0.15) is 37.0 Å². The van der Waals surface area contributed by atoms with E-state index in [4.69, 9.17) is 0 Å². The lowest BCUT2D eigenvalue weighted by atomic mass is 9.93. The summed E-state index contributed by atoms with van der Waals surface area (Å²) in [6.07, 6.45) is 5.52. The molecule has 0 spiro atoms. The van der Waals surface area contributed by atoms with Gasteiger partial charge in [0.05, 0.1) is 0 Å². The monoisotopic (exact) mass is 352 g/mol. The van der Waals surface area contributed by atoms with Crippen LogP contribution in [0.4, 0.5) is 0 Å². The van der Waals surface area contributed by atoms with Crippen molar-refractivity contribution < 1.29 is 0 Å². The van der Waals surface area contributed by atoms with Gasteiger partial charge in [0, 0.05) is 0 Å². The van der Waals surface area contributed by atoms with Crippen molar-refractivity contribution in [2.45, 2.75) is 33.1 Å². The second-order valence-electron chi connectivity index (χ2n) is 7.20. The van der Waals surface area contributed by atoms with E-state index in [-0.39, 0.29) is 0 Å². The molecule has 27 heavy (non-hydrogen) atoms. The number of hydrogen-bond acceptors (Lipinski definition) is 0. The molecule has 136 valence electrons. The highest BCUT2D eigenvalue weighted by molar-refractivity contribution is 5.77. The predicted molar refractivity (Wildman–Crippen MR) is 118 cm³/mol. The minimum Gasteiger partial charge on any atom is -0.0683 e. The summed E-state index contributed by atoms with van der Waals surface area (Å²) in [6.45, 7) is 4.51. The van der Waals surface area contributed by atoms with Gasteiger partial charge in [0.15, 0.2) is 0 Å². The Bertz CT molecular complexity index is 885. The predicted octanol–water partition coefficient (Wildman–Crippen LogP) is 7.28. The Morgan fingerprint density at radius 1 is 0.667 bits per heavy atom. The Morgan fingerprint density at radius 2 is 1.19 bits per heavy atom. The first-order chi connectivity index (χ1) is 13.2. The van der Waals surface area contributed by atoms with E-state index in [1.165, 1.54) is 33.4 Å². The van der Waals surface area contributed by atoms with Crippen LogP contribution < -0.4 is 0 Å². The Balaban J connectivity index is 1.85. The zero-order valence-corrected chi connectivity index (χ0v) is 16.4. The zero-order chi connectivity index (χ0) is 18.9. The molecule has 0 radical (unpaired) electrons. The van der Waals surface area contributed by atoms with Gasteiger partial charge in [-0.2, -0.15) is 0 Å². The van der Waals surface area contributed by atoms with Crippen molar-refractivity contribution in [3.8, 4) is 0 Å². The van der Waals surface area contributed by atoms with Gasteiger partial charge in [0.25, 0.3) is 0 Å². The quantitative estimate of drug-likeness (QED) is 0.392. The fraction of sp³-hybridized carbons (Fsp3) is 0.185. The highest BCUT2D eigenvalue weighted by Crippen LogP contribution is 2.25. The van der Waals surface area contributed by atoms with E-state index < -0.39 is 0 Å². The lowest BCUT2D eigenvalue weighted by Gasteiger charge is -2.12. The molecule has 0 heteroatoms. The summed E-state index contributed by atoms with van der Waals surface area (Å²) in [7, 11) is 0. The van der Waals surface area contributed by atoms with Crippen molar-refractivity contribution in [2.24, 2.45) is 0 Å². The number of allylic oxidation sites excluding steroid dienone is 4. The summed E-state index contributed by atoms with van der Waals surface area (Å²) in [5, 5.41) is 0. The molecule has 0 N–H and O–H groups in total. The van der Waals surface area contributed by atoms with E-state index in [1.54, 1.807) is 0 Å². The molecule has 0 saturated carbocycles. The average molecular weight is 353 g/mol. The van der Waals surface area contributed by atoms with Gasteiger partial charge in [-0.3, -0.25) is 0 Å². The van der Waals surface area contributed by atoms with E-state index in [2.05, 4.69) is 111 Å². The van der Waals surface area contributed by atoms with Crippen molar-refractivity contribution in [2.75, 3.05) is 0 Å². The Morgan fingerprint density at radius 3 is 1.78 bits per heavy atom. The molecule has 0 aliphatic rings. The number of hydrogen-bond donors (Lipinski definition) is 0. The Kier molecular flexibility index (Phi) is 6.82. The van der Waals surface area contributed by atoms with Crippen LogP contribution in [0.5, 0.6) is 0 Å². The van der Waals surface area contributed by atoms with Crippen LogP contribution in [0.2, 0.25) is 0 Å². The molecular formula is C27H28. The topological polar surface area (TPSA) is 0 Å². The molecule has 0 aliphatic carbocycles. The maximum absolute atomic E-state index is 2.38. The molecule has 0 fully saturated rings. The maximum Gasteiger partial charge on any atom is -0.00665 e. The number of benzene rings is 3. The molecule has 0 aliphatic heterocycles. The molecule has 0 aromatic heterocycles. The number of rotatable bonds is 7. The summed E-state index contributed by atoms with van der Waals surface area (Å²) in [4.78, 5) is 0. The van der Waals surface area contributed by atoms with Gasteiger partial charge < -0.3 is 0 Å². The van der Waals surface area contributed by atoms with E-state index >= 15 is 0 Å². The van der Waals surface area contributed by atoms with Crippen molar-refractivity contribution in [1.29, 1.82) is 0 Å². The van der Waals surface area contributed by atoms with Gasteiger partial charge in [0.1, 0.15) is 0 Å². The van der Waals surface area contributed by atoms with E-state index in [1.807, 2.05) is 0 Å². The summed E-state index contributed by atoms with van der Waals surface area (Å²) in [6, 6.07) is 32.2. The molecule has 0 saturated heterocycles. The van der Waals surface area contributed by atoms with Gasteiger partial charge in [-0.25, -0.2) is 0 Å². The molecule has 0 amide bonds. The van der Waals surface area contributed by atoms with Gasteiger partial charge in [0.2, 0.25) is 0 Å². The highest BCUT2D eigenvalue weighted by atomic mass is 14.1. The molecule has 3 aromatic rings. The molecule has 3 aromatic carbocycles. The van der Waals surface area contributed by atoms with Crippen molar-refractivity contribution in [3.05, 3.63) is 125 Å². The van der Waals surface area contributed by atoms with Gasteiger partial charge >= 0.3 is 0 Å². The van der Waals surface area contributed by atoms with E-state index in [0.717, 1.165) is 19.3 Å². The van der Waals surface area contributed by atoms with Gasteiger partial charge in [-0.15, -0.1) is 0 Å². The van der Waals surface area contributed by atoms with Crippen LogP contribution in [0.3, 0.4) is 0 Å². The second-order valence-corrected chi connectivity index (χ2v) is 7.20. The van der Waals surface area contributed by atoms with Crippen LogP contribution in [-0.4, -0.2) is 0 Å². The minimum absolute atomic E-state index is 0.989. The Labute approximate surface area is 163 Å². The molecule has 0 unspecified atom stereocenters. The van der Waals surface area contributed by atoms with Gasteiger partial charge in [-0.05, 0) is 55.4 Å². The van der Waals surface area contributed by atoms with Crippen molar-refractivity contribution >= 4 is 5.57 Å². The zero-order valence-electron chi connectivity index (χ0n) is 16.4. The first kappa shape index (κ1) is 18.9. The maximum atomic E-state index is 2.38. The fourth-order valence-corrected chi connectivity index (χ4v) is 3.40. The largest absolute Gasteiger partial charge is 0.0683 e. The summed E-state index contributed by atoms with van der Waals surface area (Å²) in [5.41, 5.74) is 8.25. The standard InChI is InChI=1S/C27H28/c1-22(20-25-14-8-4-9-15-25)21-27(26-16-10-5-11-17-26)23(2)18-19-24-12-6-3-7-13-24/h3-17,21H,18-20H2,1-2H3/b22-21+,27-23-. The summed E-state index contributed by atoms with van der Waals surface area (Å²) >= 11 is 0. The van der Waals surface area contributed by atoms with Crippen molar-refractivity contribution in [3.63, 3.8) is 0 Å². The lowest BCUT2D eigenvalue weighted by Crippen LogP contribution is -1.93. The summed E-state index contributed by atoms with van der Waals surface area (Å²) in [5.74, 6) is 0. The average Bonchev–Trinajstić information content (AvgIpc) is 2.72. The third-order valence-electron chi connectivity index (χ3n) is 4.89. The van der Waals surface area contributed by atoms with Gasteiger partial charge in [-0.1, -0.05) is 108 Å². The lowest BCUT2D eigenvalue weighted by molar-refractivity contribution is 0.944. The van der Waals surface area contributed by atoms with Crippen LogP contribution in [0.15, 0.2) is 108 Å². The number of aryl methyl sites for hydroxylation is 1. The van der Waals surface area contributed by atoms with Crippen LogP contribution in [0, 0.1) is 0 Å². The molecule has 0 heterocycles. The first-order valence-electron chi connectivity index (χ1n) is 9.72. The van der Waals surface area contributed by atoms with Crippen LogP contribution >= 0.6 is 0 Å². The first-order valence-corrected chi connectivity index (χ1v) is 9.72. The smallest absolute Gasteiger partial charge is 0.00665 e. The minimum atomic E-state index is 0.989. The molecule has 0 atom stereocenters. The second kappa shape index (κ2) is 9.73. The van der Waals surface area contributed by atoms with Crippen molar-refractivity contribution in [1.82, 2.24) is 0 Å². The fourth-order valence-electron chi connectivity index (χ4n) is 3.40. The SMILES string of the molecule is C/C(CCc1ccccc1)=C(\C=C(/C)Cc1ccccc1)c1ccccc1. The normalized spacial score (nSPS) is 12.6. The van der Waals surface area contributed by atoms with E-state index in [9.17, 15) is 0 Å². The van der Waals surface area contributed by atoms with Crippen LogP contribution in [0.25, 0.3) is 5.57 Å². The molecular weight excluding hydrogens is 324 g/mol. The van der Waals surface area contributed by atoms with Crippen LogP contribution in [-0.2, 0) is 12.8 Å². The summed E-state index contributed by atoms with van der Waals surface area (Å²) < 4.78 is 0.